The molecule has 0 aromatic heterocycles. The van der Waals surface area contributed by atoms with Gasteiger partial charge in [-0.05, 0) is 96.3 Å². The number of carboxylic acids is 1. The van der Waals surface area contributed by atoms with Crippen molar-refractivity contribution < 1.29 is 38.2 Å². The molecule has 0 amide bonds. The van der Waals surface area contributed by atoms with Gasteiger partial charge in [-0.15, -0.1) is 0 Å². The first-order chi connectivity index (χ1) is 34.1. The van der Waals surface area contributed by atoms with Gasteiger partial charge < -0.3 is 28.6 Å². The molecule has 0 fully saturated rings. The number of aliphatic carboxylic acids is 1. The summed E-state index contributed by atoms with van der Waals surface area (Å²) < 4.78 is 17.2. The summed E-state index contributed by atoms with van der Waals surface area (Å²) in [4.78, 5) is 37.1. The number of ether oxygens (including phenoxy) is 3. The summed E-state index contributed by atoms with van der Waals surface area (Å²) in [5, 5.41) is 11.7. The van der Waals surface area contributed by atoms with Crippen molar-refractivity contribution in [2.75, 3.05) is 41.0 Å². The predicted molar refractivity (Wildman–Crippen MR) is 295 cm³/mol. The highest BCUT2D eigenvalue weighted by Gasteiger charge is 2.25. The van der Waals surface area contributed by atoms with Crippen molar-refractivity contribution in [2.45, 2.75) is 225 Å². The minimum atomic E-state index is -1.14. The van der Waals surface area contributed by atoms with Gasteiger partial charge in [0, 0.05) is 19.3 Å². The third-order valence-electron chi connectivity index (χ3n) is 11.9. The number of allylic oxidation sites excluding steroid dienone is 18. The fourth-order valence-electron chi connectivity index (χ4n) is 7.62. The van der Waals surface area contributed by atoms with Crippen LogP contribution in [0.15, 0.2) is 109 Å². The number of carboxylic acid groups (broad SMARTS) is 1. The number of esters is 2. The molecule has 0 aromatic carbocycles. The summed E-state index contributed by atoms with van der Waals surface area (Å²) in [5.74, 6) is -1.83. The molecule has 2 unspecified atom stereocenters. The van der Waals surface area contributed by atoms with Gasteiger partial charge in [-0.1, -0.05) is 207 Å². The zero-order chi connectivity index (χ0) is 51.3. The predicted octanol–water partition coefficient (Wildman–Crippen LogP) is 15.4. The van der Waals surface area contributed by atoms with Crippen LogP contribution in [0.3, 0.4) is 0 Å². The molecule has 2 atom stereocenters. The molecular formula is C62H103NO7. The maximum Gasteiger partial charge on any atom is 0.306 e. The SMILES string of the molecule is CC/C=C/C/C=C/C/C=C/C/C=C/C/C=C/C/C=C/C/C=C/CCCC(=O)OCC(COCCC(C(=O)[O-])[N+](C)(C)C)OC(=O)CCCCCCCCC/C=C/C/C=C/CCCCCCCCCCC. The average molecular weight is 975 g/mol. The number of hydrogen-bond donors (Lipinski definition) is 0. The second-order valence-electron chi connectivity index (χ2n) is 19.4. The van der Waals surface area contributed by atoms with Gasteiger partial charge in [0.25, 0.3) is 0 Å². The quantitative estimate of drug-likeness (QED) is 0.0259. The number of carbonyl (C=O) groups excluding carboxylic acids is 3. The second kappa shape index (κ2) is 51.3. The lowest BCUT2D eigenvalue weighted by molar-refractivity contribution is -0.889. The van der Waals surface area contributed by atoms with Gasteiger partial charge in [0.2, 0.25) is 0 Å². The molecule has 0 rings (SSSR count). The summed E-state index contributed by atoms with van der Waals surface area (Å²) in [6.45, 7) is 4.48. The van der Waals surface area contributed by atoms with Crippen molar-refractivity contribution in [1.29, 1.82) is 0 Å². The fourth-order valence-corrected chi connectivity index (χ4v) is 7.62. The van der Waals surface area contributed by atoms with E-state index in [0.717, 1.165) is 89.9 Å². The van der Waals surface area contributed by atoms with E-state index in [9.17, 15) is 19.5 Å². The first kappa shape index (κ1) is 66.0. The van der Waals surface area contributed by atoms with E-state index in [1.54, 1.807) is 21.1 Å². The molecule has 0 saturated heterocycles. The first-order valence-corrected chi connectivity index (χ1v) is 27.9. The van der Waals surface area contributed by atoms with Crippen molar-refractivity contribution >= 4 is 17.9 Å². The number of nitrogens with zero attached hydrogens (tertiary/aromatic N) is 1. The van der Waals surface area contributed by atoms with Crippen LogP contribution in [0.25, 0.3) is 0 Å². The first-order valence-electron chi connectivity index (χ1n) is 27.9. The van der Waals surface area contributed by atoms with E-state index in [-0.39, 0.29) is 49.1 Å². The van der Waals surface area contributed by atoms with Crippen LogP contribution >= 0.6 is 0 Å². The summed E-state index contributed by atoms with van der Waals surface area (Å²) in [6, 6.07) is -0.744. The topological polar surface area (TPSA) is 102 Å². The van der Waals surface area contributed by atoms with Crippen LogP contribution in [-0.4, -0.2) is 75.5 Å². The number of quaternary nitrogens is 1. The van der Waals surface area contributed by atoms with Gasteiger partial charge in [-0.25, -0.2) is 0 Å². The maximum absolute atomic E-state index is 12.8. The highest BCUT2D eigenvalue weighted by molar-refractivity contribution is 5.70. The normalized spacial score (nSPS) is 13.7. The summed E-state index contributed by atoms with van der Waals surface area (Å²) in [6.07, 6.45) is 71.4. The van der Waals surface area contributed by atoms with E-state index in [4.69, 9.17) is 14.2 Å². The molecule has 0 heterocycles. The maximum atomic E-state index is 12.8. The molecular weight excluding hydrogens is 871 g/mol. The van der Waals surface area contributed by atoms with E-state index in [1.165, 1.54) is 83.5 Å². The van der Waals surface area contributed by atoms with Crippen molar-refractivity contribution in [3.63, 3.8) is 0 Å². The van der Waals surface area contributed by atoms with Crippen molar-refractivity contribution in [2.24, 2.45) is 0 Å². The van der Waals surface area contributed by atoms with E-state index in [2.05, 4.69) is 123 Å². The van der Waals surface area contributed by atoms with E-state index in [1.807, 2.05) is 0 Å². The Kier molecular flexibility index (Phi) is 48.4. The largest absolute Gasteiger partial charge is 0.544 e. The smallest absolute Gasteiger partial charge is 0.306 e. The molecule has 0 aliphatic carbocycles. The number of likely N-dealkylation sites (N-methyl/N-ethyl adjacent to an activating group) is 1. The van der Waals surface area contributed by atoms with Crippen LogP contribution in [0.4, 0.5) is 0 Å². The minimum absolute atomic E-state index is 0.0125. The zero-order valence-electron chi connectivity index (χ0n) is 45.4. The Labute approximate surface area is 429 Å². The van der Waals surface area contributed by atoms with E-state index < -0.39 is 18.1 Å². The molecule has 0 spiro atoms. The number of hydrogen-bond acceptors (Lipinski definition) is 7. The zero-order valence-corrected chi connectivity index (χ0v) is 45.4. The molecule has 0 saturated carbocycles. The molecule has 70 heavy (non-hydrogen) atoms. The molecule has 0 aliphatic rings. The Bertz CT molecular complexity index is 1510. The third-order valence-corrected chi connectivity index (χ3v) is 11.9. The molecule has 0 bridgehead atoms. The van der Waals surface area contributed by atoms with Crippen LogP contribution in [0.1, 0.15) is 213 Å². The fraction of sp³-hybridized carbons (Fsp3) is 0.661. The summed E-state index contributed by atoms with van der Waals surface area (Å²) in [5.41, 5.74) is 0. The molecule has 8 nitrogen and oxygen atoms in total. The average Bonchev–Trinajstić information content (AvgIpc) is 3.33. The Morgan fingerprint density at radius 2 is 0.814 bits per heavy atom. The second-order valence-corrected chi connectivity index (χ2v) is 19.4. The molecule has 0 aliphatic heterocycles. The molecule has 0 N–H and O–H groups in total. The third kappa shape index (κ3) is 49.0. The van der Waals surface area contributed by atoms with Crippen LogP contribution < -0.4 is 5.11 Å². The molecule has 8 heteroatoms. The van der Waals surface area contributed by atoms with Gasteiger partial charge in [0.1, 0.15) is 12.6 Å². The van der Waals surface area contributed by atoms with Gasteiger partial charge in [0.05, 0.1) is 40.3 Å². The Hall–Kier alpha value is -4.01. The Balaban J connectivity index is 4.34. The Morgan fingerprint density at radius 1 is 0.443 bits per heavy atom. The van der Waals surface area contributed by atoms with Crippen molar-refractivity contribution in [3.05, 3.63) is 109 Å². The lowest BCUT2D eigenvalue weighted by atomic mass is 10.1. The van der Waals surface area contributed by atoms with Crippen molar-refractivity contribution in [3.8, 4) is 0 Å². The van der Waals surface area contributed by atoms with Crippen LogP contribution in [0, 0.1) is 0 Å². The molecule has 0 aromatic rings. The number of unbranched alkanes of at least 4 members (excludes halogenated alkanes) is 17. The number of rotatable bonds is 49. The minimum Gasteiger partial charge on any atom is -0.544 e. The molecule has 0 radical (unpaired) electrons. The van der Waals surface area contributed by atoms with Crippen LogP contribution in [0.2, 0.25) is 0 Å². The van der Waals surface area contributed by atoms with E-state index in [0.29, 0.717) is 12.8 Å². The number of carbonyl (C=O) groups is 3. The monoisotopic (exact) mass is 974 g/mol. The van der Waals surface area contributed by atoms with Crippen LogP contribution in [0.5, 0.6) is 0 Å². The lowest BCUT2D eigenvalue weighted by Gasteiger charge is -2.34. The Morgan fingerprint density at radius 3 is 1.23 bits per heavy atom. The van der Waals surface area contributed by atoms with Gasteiger partial charge in [-0.2, -0.15) is 0 Å². The summed E-state index contributed by atoms with van der Waals surface area (Å²) >= 11 is 0. The van der Waals surface area contributed by atoms with Gasteiger partial charge in [-0.3, -0.25) is 9.59 Å². The lowest BCUT2D eigenvalue weighted by Crippen LogP contribution is -2.55. The van der Waals surface area contributed by atoms with E-state index >= 15 is 0 Å². The standard InChI is InChI=1S/C62H103NO7/c1-6-8-10-12-14-16-18-20-22-24-26-28-30-32-34-36-38-40-42-44-46-48-50-52-60(64)69-57-58(56-68-55-54-59(62(66)67)63(3,4)5)70-61(65)53-51-49-47-45-43-41-39-37-35-33-31-29-27-25-23-21-19-17-15-13-11-9-7-2/h8,10,14,16,20,22,26-29,32-35,38,40,44,46,58-59H,6-7,9,11-13,15,17-19,21,23-25,30-31,36-37,39,41-43,45,47-57H2,1-5H3/b10-8+,16-14+,22-20+,28-26+,29-27+,34-32+,35-33+,40-38+,46-44+. The van der Waals surface area contributed by atoms with Crippen molar-refractivity contribution in [1.82, 2.24) is 0 Å². The highest BCUT2D eigenvalue weighted by Crippen LogP contribution is 2.14. The van der Waals surface area contributed by atoms with Gasteiger partial charge in [0.15, 0.2) is 6.10 Å². The molecule has 398 valence electrons. The highest BCUT2D eigenvalue weighted by atomic mass is 16.6. The van der Waals surface area contributed by atoms with Crippen LogP contribution in [-0.2, 0) is 28.6 Å². The summed E-state index contributed by atoms with van der Waals surface area (Å²) in [7, 11) is 5.39. The van der Waals surface area contributed by atoms with Gasteiger partial charge >= 0.3 is 11.9 Å².